The van der Waals surface area contributed by atoms with Crippen LogP contribution in [0.25, 0.3) is 0 Å². The standard InChI is InChI=1S/C13H16ClNO4/c1-13(2,12(17)18)15-11(16)10(14)8-6-4-5-7-9(8)19-3/h4-7,10H,1-3H3,(H,15,16)(H,17,18). The van der Waals surface area contributed by atoms with E-state index in [4.69, 9.17) is 21.4 Å². The second-order valence-corrected chi connectivity index (χ2v) is 4.96. The first-order valence-electron chi connectivity index (χ1n) is 5.62. The molecule has 1 amide bonds. The highest BCUT2D eigenvalue weighted by Crippen LogP contribution is 2.29. The second kappa shape index (κ2) is 5.93. The molecule has 2 N–H and O–H groups in total. The number of para-hydroxylation sites is 1. The molecule has 0 saturated carbocycles. The Bertz CT molecular complexity index is 487. The molecule has 1 rings (SSSR count). The molecule has 0 spiro atoms. The molecule has 0 aromatic heterocycles. The zero-order valence-corrected chi connectivity index (χ0v) is 11.7. The smallest absolute Gasteiger partial charge is 0.328 e. The predicted molar refractivity (Wildman–Crippen MR) is 71.4 cm³/mol. The molecule has 1 aromatic rings. The molecule has 0 fully saturated rings. The number of methoxy groups -OCH3 is 1. The third kappa shape index (κ3) is 3.61. The molecule has 0 heterocycles. The van der Waals surface area contributed by atoms with Gasteiger partial charge in [-0.1, -0.05) is 18.2 Å². The number of benzene rings is 1. The van der Waals surface area contributed by atoms with Crippen LogP contribution in [0.2, 0.25) is 0 Å². The number of carbonyl (C=O) groups is 2. The zero-order chi connectivity index (χ0) is 14.6. The topological polar surface area (TPSA) is 75.6 Å². The van der Waals surface area contributed by atoms with E-state index in [2.05, 4.69) is 5.32 Å². The minimum Gasteiger partial charge on any atom is -0.496 e. The van der Waals surface area contributed by atoms with E-state index in [9.17, 15) is 9.59 Å². The number of nitrogens with one attached hydrogen (secondary N) is 1. The fourth-order valence-electron chi connectivity index (χ4n) is 1.44. The van der Waals surface area contributed by atoms with Crippen molar-refractivity contribution in [1.82, 2.24) is 5.32 Å². The van der Waals surface area contributed by atoms with Crippen molar-refractivity contribution in [2.45, 2.75) is 24.8 Å². The molecule has 0 aliphatic heterocycles. The first-order valence-corrected chi connectivity index (χ1v) is 6.05. The van der Waals surface area contributed by atoms with E-state index in [0.29, 0.717) is 11.3 Å². The number of carboxylic acids is 1. The molecule has 0 saturated heterocycles. The summed E-state index contributed by atoms with van der Waals surface area (Å²) >= 11 is 6.07. The van der Waals surface area contributed by atoms with Crippen LogP contribution in [0, 0.1) is 0 Å². The van der Waals surface area contributed by atoms with Crippen LogP contribution in [-0.2, 0) is 9.59 Å². The number of halogens is 1. The number of hydrogen-bond donors (Lipinski definition) is 2. The Morgan fingerprint density at radius 3 is 2.47 bits per heavy atom. The van der Waals surface area contributed by atoms with Gasteiger partial charge in [0.25, 0.3) is 0 Å². The van der Waals surface area contributed by atoms with Crippen molar-refractivity contribution in [1.29, 1.82) is 0 Å². The Labute approximate surface area is 116 Å². The van der Waals surface area contributed by atoms with Gasteiger partial charge >= 0.3 is 5.97 Å². The molecule has 1 unspecified atom stereocenters. The first-order chi connectivity index (χ1) is 8.79. The molecule has 0 aliphatic rings. The normalized spacial score (nSPS) is 12.6. The van der Waals surface area contributed by atoms with Crippen LogP contribution in [-0.4, -0.2) is 29.6 Å². The summed E-state index contributed by atoms with van der Waals surface area (Å²) in [6.07, 6.45) is 0. The van der Waals surface area contributed by atoms with Gasteiger partial charge in [-0.2, -0.15) is 0 Å². The summed E-state index contributed by atoms with van der Waals surface area (Å²) in [7, 11) is 1.47. The van der Waals surface area contributed by atoms with Gasteiger partial charge in [0.2, 0.25) is 5.91 Å². The minimum absolute atomic E-state index is 0.478. The van der Waals surface area contributed by atoms with E-state index >= 15 is 0 Å². The molecule has 0 bridgehead atoms. The van der Waals surface area contributed by atoms with Crippen molar-refractivity contribution < 1.29 is 19.4 Å². The summed E-state index contributed by atoms with van der Waals surface area (Å²) in [4.78, 5) is 22.9. The van der Waals surface area contributed by atoms with Gasteiger partial charge in [0.05, 0.1) is 7.11 Å². The molecule has 19 heavy (non-hydrogen) atoms. The van der Waals surface area contributed by atoms with Crippen LogP contribution < -0.4 is 10.1 Å². The number of carbonyl (C=O) groups excluding carboxylic acids is 1. The van der Waals surface area contributed by atoms with Crippen molar-refractivity contribution in [3.05, 3.63) is 29.8 Å². The highest BCUT2D eigenvalue weighted by atomic mass is 35.5. The maximum Gasteiger partial charge on any atom is 0.328 e. The Morgan fingerprint density at radius 2 is 1.95 bits per heavy atom. The van der Waals surface area contributed by atoms with Crippen molar-refractivity contribution in [2.24, 2.45) is 0 Å². The molecular weight excluding hydrogens is 270 g/mol. The van der Waals surface area contributed by atoms with Crippen LogP contribution in [0.1, 0.15) is 24.8 Å². The quantitative estimate of drug-likeness (QED) is 0.811. The van der Waals surface area contributed by atoms with Gasteiger partial charge in [0.1, 0.15) is 16.7 Å². The van der Waals surface area contributed by atoms with E-state index in [1.165, 1.54) is 21.0 Å². The Hall–Kier alpha value is -1.75. The summed E-state index contributed by atoms with van der Waals surface area (Å²) in [6, 6.07) is 6.82. The van der Waals surface area contributed by atoms with E-state index in [0.717, 1.165) is 0 Å². The third-order valence-electron chi connectivity index (χ3n) is 2.61. The first kappa shape index (κ1) is 15.3. The van der Waals surface area contributed by atoms with Crippen molar-refractivity contribution >= 4 is 23.5 Å². The Kier molecular flexibility index (Phi) is 4.78. The lowest BCUT2D eigenvalue weighted by Crippen LogP contribution is -2.50. The van der Waals surface area contributed by atoms with Crippen molar-refractivity contribution in [3.63, 3.8) is 0 Å². The monoisotopic (exact) mass is 285 g/mol. The van der Waals surface area contributed by atoms with Gasteiger partial charge < -0.3 is 15.2 Å². The maximum absolute atomic E-state index is 12.0. The number of ether oxygens (including phenoxy) is 1. The molecular formula is C13H16ClNO4. The van der Waals surface area contributed by atoms with Crippen LogP contribution in [0.4, 0.5) is 0 Å². The van der Waals surface area contributed by atoms with Gasteiger partial charge in [-0.05, 0) is 19.9 Å². The number of amides is 1. The number of hydrogen-bond acceptors (Lipinski definition) is 3. The molecule has 0 aliphatic carbocycles. The summed E-state index contributed by atoms with van der Waals surface area (Å²) in [5.41, 5.74) is -0.892. The highest BCUT2D eigenvalue weighted by molar-refractivity contribution is 6.31. The summed E-state index contributed by atoms with van der Waals surface area (Å²) in [6.45, 7) is 2.78. The summed E-state index contributed by atoms with van der Waals surface area (Å²) in [5.74, 6) is -1.24. The number of alkyl halides is 1. The molecule has 6 heteroatoms. The lowest BCUT2D eigenvalue weighted by atomic mass is 10.0. The molecule has 1 aromatic carbocycles. The van der Waals surface area contributed by atoms with Gasteiger partial charge in [-0.3, -0.25) is 4.79 Å². The van der Waals surface area contributed by atoms with E-state index in [1.807, 2.05) is 0 Å². The van der Waals surface area contributed by atoms with Gasteiger partial charge in [-0.15, -0.1) is 11.6 Å². The van der Waals surface area contributed by atoms with Gasteiger partial charge in [0.15, 0.2) is 0 Å². The van der Waals surface area contributed by atoms with E-state index in [1.54, 1.807) is 24.3 Å². The lowest BCUT2D eigenvalue weighted by Gasteiger charge is -2.23. The number of aliphatic carboxylic acids is 1. The fraction of sp³-hybridized carbons (Fsp3) is 0.385. The second-order valence-electron chi connectivity index (χ2n) is 4.52. The SMILES string of the molecule is COc1ccccc1C(Cl)C(=O)NC(C)(C)C(=O)O. The number of carboxylic acid groups (broad SMARTS) is 1. The minimum atomic E-state index is -1.38. The zero-order valence-electron chi connectivity index (χ0n) is 10.9. The molecule has 104 valence electrons. The molecule has 5 nitrogen and oxygen atoms in total. The van der Waals surface area contributed by atoms with Crippen LogP contribution in [0.15, 0.2) is 24.3 Å². The fourth-order valence-corrected chi connectivity index (χ4v) is 1.68. The van der Waals surface area contributed by atoms with Crippen LogP contribution in [0.3, 0.4) is 0 Å². The molecule has 0 radical (unpaired) electrons. The predicted octanol–water partition coefficient (Wildman–Crippen LogP) is 1.95. The molecule has 1 atom stereocenters. The van der Waals surface area contributed by atoms with E-state index in [-0.39, 0.29) is 0 Å². The summed E-state index contributed by atoms with van der Waals surface area (Å²) in [5, 5.41) is 10.3. The Morgan fingerprint density at radius 1 is 1.37 bits per heavy atom. The Balaban J connectivity index is 2.91. The highest BCUT2D eigenvalue weighted by Gasteiger charge is 2.32. The van der Waals surface area contributed by atoms with E-state index < -0.39 is 22.8 Å². The summed E-state index contributed by atoms with van der Waals surface area (Å²) < 4.78 is 5.11. The lowest BCUT2D eigenvalue weighted by molar-refractivity contribution is -0.146. The van der Waals surface area contributed by atoms with Gasteiger partial charge in [-0.25, -0.2) is 4.79 Å². The van der Waals surface area contributed by atoms with Gasteiger partial charge in [0, 0.05) is 5.56 Å². The average Bonchev–Trinajstić information content (AvgIpc) is 2.37. The number of rotatable bonds is 5. The van der Waals surface area contributed by atoms with Crippen molar-refractivity contribution in [2.75, 3.05) is 7.11 Å². The third-order valence-corrected chi connectivity index (χ3v) is 3.05. The largest absolute Gasteiger partial charge is 0.496 e. The van der Waals surface area contributed by atoms with Crippen molar-refractivity contribution in [3.8, 4) is 5.75 Å². The van der Waals surface area contributed by atoms with Crippen LogP contribution >= 0.6 is 11.6 Å². The average molecular weight is 286 g/mol. The maximum atomic E-state index is 12.0. The van der Waals surface area contributed by atoms with Crippen LogP contribution in [0.5, 0.6) is 5.75 Å².